The normalized spacial score (nSPS) is 8.07. The highest BCUT2D eigenvalue weighted by molar-refractivity contribution is 5.82. The summed E-state index contributed by atoms with van der Waals surface area (Å²) < 4.78 is 11.0. The fourth-order valence-corrected chi connectivity index (χ4v) is 0.589. The highest BCUT2D eigenvalue weighted by atomic mass is 19.1. The van der Waals surface area contributed by atoms with Crippen molar-refractivity contribution in [2.45, 2.75) is 0 Å². The predicted octanol–water partition coefficient (Wildman–Crippen LogP) is 2.88. The maximum absolute atomic E-state index is 11.0. The van der Waals surface area contributed by atoms with Gasteiger partial charge < -0.3 is 5.11 Å². The quantitative estimate of drug-likeness (QED) is 0.735. The Bertz CT molecular complexity index is 305. The van der Waals surface area contributed by atoms with E-state index in [1.165, 1.54) is 5.56 Å². The van der Waals surface area contributed by atoms with Crippen molar-refractivity contribution in [1.29, 1.82) is 0 Å². The van der Waals surface area contributed by atoms with Crippen LogP contribution in [0.3, 0.4) is 0 Å². The van der Waals surface area contributed by atoms with Crippen LogP contribution in [0.2, 0.25) is 0 Å². The van der Waals surface area contributed by atoms with E-state index in [0.717, 1.165) is 0 Å². The molecule has 0 saturated heterocycles. The highest BCUT2D eigenvalue weighted by Gasteiger charge is 1.96. The van der Waals surface area contributed by atoms with Gasteiger partial charge in [-0.05, 0) is 5.56 Å². The number of carboxylic acids is 1. The number of aliphatic carboxylic acids is 1. The van der Waals surface area contributed by atoms with E-state index < -0.39 is 11.8 Å². The van der Waals surface area contributed by atoms with Gasteiger partial charge in [0.15, 0.2) is 0 Å². The number of rotatable bonds is 2. The van der Waals surface area contributed by atoms with Crippen LogP contribution in [0.25, 0.3) is 6.08 Å². The van der Waals surface area contributed by atoms with Gasteiger partial charge >= 0.3 is 5.97 Å². The lowest BCUT2D eigenvalue weighted by Crippen LogP contribution is -1.90. The predicted molar refractivity (Wildman–Crippen MR) is 54.4 cm³/mol. The molecule has 1 aromatic rings. The van der Waals surface area contributed by atoms with E-state index in [1.54, 1.807) is 0 Å². The van der Waals surface area contributed by atoms with E-state index in [2.05, 4.69) is 13.2 Å². The molecule has 0 saturated carbocycles. The first kappa shape index (κ1) is 12.1. The Balaban J connectivity index is 0.000000255. The lowest BCUT2D eigenvalue weighted by molar-refractivity contribution is -0.134. The van der Waals surface area contributed by atoms with Crippen LogP contribution in [-0.4, -0.2) is 11.1 Å². The van der Waals surface area contributed by atoms with Crippen LogP contribution in [0, 0.1) is 0 Å². The minimum atomic E-state index is -1.60. The summed E-state index contributed by atoms with van der Waals surface area (Å²) in [7, 11) is 0. The molecule has 0 amide bonds. The van der Waals surface area contributed by atoms with Crippen LogP contribution < -0.4 is 0 Å². The molecule has 14 heavy (non-hydrogen) atoms. The second-order valence-corrected chi connectivity index (χ2v) is 2.32. The molecule has 0 bridgehead atoms. The number of hydrogen-bond acceptors (Lipinski definition) is 1. The van der Waals surface area contributed by atoms with E-state index >= 15 is 0 Å². The lowest BCUT2D eigenvalue weighted by atomic mass is 10.2. The van der Waals surface area contributed by atoms with Gasteiger partial charge in [-0.2, -0.15) is 4.39 Å². The standard InChI is InChI=1S/C8H8.C3H3FO2/c1-2-8-6-4-3-5-7-8;1-2(4)3(5)6/h2-7H,1H2;1H2,(H,5,6). The van der Waals surface area contributed by atoms with E-state index in [4.69, 9.17) is 5.11 Å². The van der Waals surface area contributed by atoms with Gasteiger partial charge in [-0.15, -0.1) is 0 Å². The molecular weight excluding hydrogens is 183 g/mol. The molecule has 0 fully saturated rings. The van der Waals surface area contributed by atoms with E-state index in [-0.39, 0.29) is 0 Å². The second-order valence-electron chi connectivity index (χ2n) is 2.32. The zero-order valence-electron chi connectivity index (χ0n) is 7.61. The van der Waals surface area contributed by atoms with E-state index in [1.807, 2.05) is 36.4 Å². The Morgan fingerprint density at radius 2 is 1.79 bits per heavy atom. The number of carbonyl (C=O) groups is 1. The number of carboxylic acid groups (broad SMARTS) is 1. The van der Waals surface area contributed by atoms with Crippen LogP contribution in [-0.2, 0) is 4.79 Å². The van der Waals surface area contributed by atoms with Crippen molar-refractivity contribution in [3.05, 3.63) is 54.9 Å². The minimum Gasteiger partial charge on any atom is -0.476 e. The molecule has 0 unspecified atom stereocenters. The van der Waals surface area contributed by atoms with E-state index in [0.29, 0.717) is 0 Å². The Labute approximate surface area is 82.0 Å². The molecule has 0 spiro atoms. The maximum Gasteiger partial charge on any atom is 0.364 e. The van der Waals surface area contributed by atoms with Gasteiger partial charge in [-0.25, -0.2) is 4.79 Å². The van der Waals surface area contributed by atoms with Crippen LogP contribution in [0.4, 0.5) is 4.39 Å². The molecule has 1 rings (SSSR count). The summed E-state index contributed by atoms with van der Waals surface area (Å²) in [5.74, 6) is -2.93. The minimum absolute atomic E-state index is 1.17. The Kier molecular flexibility index (Phi) is 5.70. The zero-order valence-corrected chi connectivity index (χ0v) is 7.61. The van der Waals surface area contributed by atoms with Gasteiger partial charge in [0.05, 0.1) is 0 Å². The molecule has 3 heteroatoms. The topological polar surface area (TPSA) is 37.3 Å². The molecule has 0 radical (unpaired) electrons. The van der Waals surface area contributed by atoms with Crippen LogP contribution in [0.15, 0.2) is 49.3 Å². The Morgan fingerprint density at radius 3 is 2.00 bits per heavy atom. The van der Waals surface area contributed by atoms with Crippen molar-refractivity contribution in [3.63, 3.8) is 0 Å². The number of benzene rings is 1. The molecule has 0 aromatic heterocycles. The van der Waals surface area contributed by atoms with Crippen LogP contribution in [0.5, 0.6) is 0 Å². The van der Waals surface area contributed by atoms with E-state index in [9.17, 15) is 9.18 Å². The second kappa shape index (κ2) is 6.60. The van der Waals surface area contributed by atoms with Gasteiger partial charge in [0.1, 0.15) is 0 Å². The molecule has 74 valence electrons. The third kappa shape index (κ3) is 5.71. The van der Waals surface area contributed by atoms with Gasteiger partial charge in [-0.3, -0.25) is 0 Å². The van der Waals surface area contributed by atoms with Crippen molar-refractivity contribution in [2.24, 2.45) is 0 Å². The molecule has 0 aliphatic heterocycles. The van der Waals surface area contributed by atoms with Crippen molar-refractivity contribution >= 4 is 12.0 Å². The summed E-state index contributed by atoms with van der Waals surface area (Å²) in [4.78, 5) is 9.22. The fraction of sp³-hybridized carbons (Fsp3) is 0. The largest absolute Gasteiger partial charge is 0.476 e. The van der Waals surface area contributed by atoms with Crippen LogP contribution in [0.1, 0.15) is 5.56 Å². The molecule has 2 nitrogen and oxygen atoms in total. The Morgan fingerprint density at radius 1 is 1.36 bits per heavy atom. The van der Waals surface area contributed by atoms with Crippen molar-refractivity contribution in [3.8, 4) is 0 Å². The molecule has 0 atom stereocenters. The molecular formula is C11H11FO2. The average Bonchev–Trinajstić information content (AvgIpc) is 2.20. The first-order valence-electron chi connectivity index (χ1n) is 3.83. The van der Waals surface area contributed by atoms with Crippen molar-refractivity contribution in [2.75, 3.05) is 0 Å². The van der Waals surface area contributed by atoms with Gasteiger partial charge in [0.2, 0.25) is 5.83 Å². The maximum atomic E-state index is 11.0. The highest BCUT2D eigenvalue weighted by Crippen LogP contribution is 1.97. The SMILES string of the molecule is C=C(F)C(=O)O.C=Cc1ccccc1. The van der Waals surface area contributed by atoms with Gasteiger partial charge in [0.25, 0.3) is 0 Å². The molecule has 0 heterocycles. The molecule has 0 aliphatic rings. The summed E-state index contributed by atoms with van der Waals surface area (Å²) in [6, 6.07) is 10.0. The summed E-state index contributed by atoms with van der Waals surface area (Å²) >= 11 is 0. The third-order valence-corrected chi connectivity index (χ3v) is 1.27. The first-order valence-corrected chi connectivity index (χ1v) is 3.83. The number of hydrogen-bond donors (Lipinski definition) is 1. The van der Waals surface area contributed by atoms with Crippen molar-refractivity contribution in [1.82, 2.24) is 0 Å². The summed E-state index contributed by atoms with van der Waals surface area (Å²) in [5.41, 5.74) is 1.17. The van der Waals surface area contributed by atoms with Crippen LogP contribution >= 0.6 is 0 Å². The Hall–Kier alpha value is -1.90. The van der Waals surface area contributed by atoms with Gasteiger partial charge in [0, 0.05) is 0 Å². The monoisotopic (exact) mass is 194 g/mol. The first-order chi connectivity index (χ1) is 6.57. The third-order valence-electron chi connectivity index (χ3n) is 1.27. The summed E-state index contributed by atoms with van der Waals surface area (Å²) in [6.07, 6.45) is 1.83. The molecule has 0 aliphatic carbocycles. The zero-order chi connectivity index (χ0) is 11.0. The smallest absolute Gasteiger partial charge is 0.364 e. The lowest BCUT2D eigenvalue weighted by Gasteiger charge is -1.85. The summed E-state index contributed by atoms with van der Waals surface area (Å²) in [6.45, 7) is 6.12. The molecule has 1 aromatic carbocycles. The van der Waals surface area contributed by atoms with Crippen molar-refractivity contribution < 1.29 is 14.3 Å². The summed E-state index contributed by atoms with van der Waals surface area (Å²) in [5, 5.41) is 7.52. The molecule has 1 N–H and O–H groups in total. The fourth-order valence-electron chi connectivity index (χ4n) is 0.589. The average molecular weight is 194 g/mol. The number of halogens is 1. The van der Waals surface area contributed by atoms with Gasteiger partial charge in [-0.1, -0.05) is 49.6 Å².